The van der Waals surface area contributed by atoms with Crippen molar-refractivity contribution in [1.29, 1.82) is 5.26 Å². The molecule has 0 bridgehead atoms. The normalized spacial score (nSPS) is 22.9. The van der Waals surface area contributed by atoms with E-state index in [9.17, 15) is 10.1 Å². The van der Waals surface area contributed by atoms with Crippen LogP contribution in [0.3, 0.4) is 0 Å². The van der Waals surface area contributed by atoms with Crippen LogP contribution >= 0.6 is 0 Å². The lowest BCUT2D eigenvalue weighted by molar-refractivity contribution is -0.133. The van der Waals surface area contributed by atoms with Crippen molar-refractivity contribution >= 4 is 29.5 Å². The second kappa shape index (κ2) is 9.53. The molecule has 9 heteroatoms. The molecule has 1 aliphatic carbocycles. The van der Waals surface area contributed by atoms with Crippen molar-refractivity contribution in [2.45, 2.75) is 44.2 Å². The van der Waals surface area contributed by atoms with Crippen LogP contribution in [0.4, 0.5) is 5.69 Å². The summed E-state index contributed by atoms with van der Waals surface area (Å²) in [4.78, 5) is 24.2. The number of para-hydroxylation sites is 1. The van der Waals surface area contributed by atoms with E-state index in [1.165, 1.54) is 0 Å². The van der Waals surface area contributed by atoms with E-state index < -0.39 is 0 Å². The first-order chi connectivity index (χ1) is 17.7. The van der Waals surface area contributed by atoms with Crippen LogP contribution in [-0.2, 0) is 11.2 Å². The highest BCUT2D eigenvalue weighted by Crippen LogP contribution is 2.33. The molecule has 1 aromatic carbocycles. The summed E-state index contributed by atoms with van der Waals surface area (Å²) in [5, 5.41) is 19.9. The van der Waals surface area contributed by atoms with Crippen LogP contribution in [0.1, 0.15) is 48.8 Å². The summed E-state index contributed by atoms with van der Waals surface area (Å²) in [5.41, 5.74) is 2.99. The average Bonchev–Trinajstić information content (AvgIpc) is 3.68. The molecule has 2 atom stereocenters. The summed E-state index contributed by atoms with van der Waals surface area (Å²) in [5.74, 6) is 2.78. The summed E-state index contributed by atoms with van der Waals surface area (Å²) in [7, 11) is 0. The molecule has 2 unspecified atom stereocenters. The monoisotopic (exact) mass is 482 g/mol. The van der Waals surface area contributed by atoms with E-state index in [-0.39, 0.29) is 24.4 Å². The van der Waals surface area contributed by atoms with Crippen LogP contribution in [-0.4, -0.2) is 52.0 Å². The molecule has 0 radical (unpaired) electrons. The second-order valence-electron chi connectivity index (χ2n) is 9.79. The van der Waals surface area contributed by atoms with Crippen LogP contribution in [0.2, 0.25) is 0 Å². The molecule has 4 heterocycles. The lowest BCUT2D eigenvalue weighted by atomic mass is 10.1. The molecule has 1 saturated heterocycles. The highest BCUT2D eigenvalue weighted by molar-refractivity contribution is 5.86. The molecule has 2 aromatic rings. The number of carbonyl (C=O) groups is 1. The molecule has 1 aromatic heterocycles. The van der Waals surface area contributed by atoms with Crippen molar-refractivity contribution in [3.8, 4) is 6.07 Å². The van der Waals surface area contributed by atoms with Crippen molar-refractivity contribution in [2.24, 2.45) is 10.9 Å². The lowest BCUT2D eigenvalue weighted by Gasteiger charge is -2.34. The molecular formula is C27H30N8O. The minimum absolute atomic E-state index is 0.143. The number of hydrogen-bond donors (Lipinski definition) is 3. The number of nitrogens with one attached hydrogen (secondary N) is 3. The number of aliphatic imine (C=N–C) groups is 1. The molecule has 9 nitrogen and oxygen atoms in total. The highest BCUT2D eigenvalue weighted by atomic mass is 16.2. The number of anilines is 1. The summed E-state index contributed by atoms with van der Waals surface area (Å²) in [6.45, 7) is 2.17. The number of piperidine rings is 1. The van der Waals surface area contributed by atoms with E-state index in [2.05, 4.69) is 46.3 Å². The average molecular weight is 483 g/mol. The van der Waals surface area contributed by atoms with Gasteiger partial charge in [-0.05, 0) is 43.4 Å². The molecule has 2 fully saturated rings. The first-order valence-corrected chi connectivity index (χ1v) is 12.8. The molecule has 1 amide bonds. The van der Waals surface area contributed by atoms with Crippen molar-refractivity contribution in [1.82, 2.24) is 25.1 Å². The van der Waals surface area contributed by atoms with Gasteiger partial charge < -0.3 is 20.9 Å². The summed E-state index contributed by atoms with van der Waals surface area (Å²) in [6, 6.07) is 10.4. The number of hydrogen-bond acceptors (Lipinski definition) is 7. The molecule has 0 spiro atoms. The topological polar surface area (TPSA) is 110 Å². The zero-order valence-electron chi connectivity index (χ0n) is 20.2. The summed E-state index contributed by atoms with van der Waals surface area (Å²) < 4.78 is 1.99. The Bertz CT molecular complexity index is 1300. The molecule has 3 N–H and O–H groups in total. The van der Waals surface area contributed by atoms with Gasteiger partial charge in [0.1, 0.15) is 17.7 Å². The Morgan fingerprint density at radius 2 is 2.14 bits per heavy atom. The summed E-state index contributed by atoms with van der Waals surface area (Å²) >= 11 is 0. The van der Waals surface area contributed by atoms with E-state index in [4.69, 9.17) is 9.98 Å². The van der Waals surface area contributed by atoms with E-state index in [0.717, 1.165) is 60.8 Å². The Balaban J connectivity index is 1.23. The van der Waals surface area contributed by atoms with Crippen LogP contribution in [0.5, 0.6) is 0 Å². The van der Waals surface area contributed by atoms with Crippen molar-refractivity contribution in [3.63, 3.8) is 0 Å². The zero-order valence-corrected chi connectivity index (χ0v) is 20.2. The van der Waals surface area contributed by atoms with E-state index in [1.807, 2.05) is 27.7 Å². The van der Waals surface area contributed by atoms with Gasteiger partial charge in [0.25, 0.3) is 0 Å². The maximum atomic E-state index is 12.6. The van der Waals surface area contributed by atoms with E-state index in [0.29, 0.717) is 25.0 Å². The van der Waals surface area contributed by atoms with Gasteiger partial charge in [0.05, 0.1) is 24.4 Å². The number of imidazole rings is 1. The van der Waals surface area contributed by atoms with Crippen LogP contribution in [0.25, 0.3) is 11.9 Å². The minimum atomic E-state index is -0.143. The van der Waals surface area contributed by atoms with Crippen LogP contribution < -0.4 is 16.0 Å². The Morgan fingerprint density at radius 3 is 3.00 bits per heavy atom. The fourth-order valence-electron chi connectivity index (χ4n) is 5.17. The quantitative estimate of drug-likeness (QED) is 0.605. The molecule has 1 saturated carbocycles. The van der Waals surface area contributed by atoms with Gasteiger partial charge in [0.2, 0.25) is 5.91 Å². The number of likely N-dealkylation sites (tertiary alicyclic amines) is 1. The molecule has 184 valence electrons. The third kappa shape index (κ3) is 4.47. The van der Waals surface area contributed by atoms with Gasteiger partial charge in [-0.15, -0.1) is 0 Å². The Hall–Kier alpha value is -4.06. The van der Waals surface area contributed by atoms with E-state index >= 15 is 0 Å². The number of guanidine groups is 1. The molecule has 4 aliphatic rings. The Morgan fingerprint density at radius 1 is 1.25 bits per heavy atom. The molecular weight excluding hydrogens is 452 g/mol. The molecule has 6 rings (SSSR count). The van der Waals surface area contributed by atoms with Gasteiger partial charge in [-0.2, -0.15) is 10.3 Å². The van der Waals surface area contributed by atoms with Crippen LogP contribution in [0.15, 0.2) is 47.6 Å². The van der Waals surface area contributed by atoms with Crippen molar-refractivity contribution in [2.75, 3.05) is 25.0 Å². The summed E-state index contributed by atoms with van der Waals surface area (Å²) in [6.07, 6.45) is 12.3. The lowest BCUT2D eigenvalue weighted by Crippen LogP contribution is -2.53. The fourth-order valence-corrected chi connectivity index (χ4v) is 5.17. The van der Waals surface area contributed by atoms with Crippen LogP contribution in [0, 0.1) is 17.2 Å². The first kappa shape index (κ1) is 22.4. The zero-order chi connectivity index (χ0) is 24.5. The van der Waals surface area contributed by atoms with E-state index in [1.54, 1.807) is 6.20 Å². The standard InChI is InChI=1S/C27H30N8O/c28-13-11-21-16-30-25(23-10-9-18-4-1-2-6-22(18)32-23)35(21)24-12-14-29-27(33-24)31-20-5-3-15-34(17-20)26(36)19-7-8-19/h1-2,4,6,9-10,12,16,19-20,23,32H,3,5,7-8,11,14-15,17H2,(H2,29,31,33). The number of fused-ring (bicyclic) bond motifs is 1. The predicted molar refractivity (Wildman–Crippen MR) is 139 cm³/mol. The smallest absolute Gasteiger partial charge is 0.225 e. The minimum Gasteiger partial charge on any atom is -0.372 e. The number of aromatic nitrogens is 2. The number of carbonyl (C=O) groups excluding carboxylic acids is 1. The maximum absolute atomic E-state index is 12.6. The predicted octanol–water partition coefficient (Wildman–Crippen LogP) is 2.88. The SMILES string of the molecule is N#CCc1cnc(C2C=Cc3ccccc3N2)n1C1=CCNC(NC2CCCN(C(=O)C3CC3)C2)=N1. The molecule has 3 aliphatic heterocycles. The van der Waals surface area contributed by atoms with Gasteiger partial charge in [0.15, 0.2) is 5.96 Å². The second-order valence-corrected chi connectivity index (χ2v) is 9.79. The third-order valence-electron chi connectivity index (χ3n) is 7.15. The van der Waals surface area contributed by atoms with Gasteiger partial charge in [0, 0.05) is 37.3 Å². The van der Waals surface area contributed by atoms with Gasteiger partial charge in [-0.25, -0.2) is 4.98 Å². The Kier molecular flexibility index (Phi) is 5.93. The largest absolute Gasteiger partial charge is 0.372 e. The number of amides is 1. The van der Waals surface area contributed by atoms with Gasteiger partial charge in [-0.1, -0.05) is 30.4 Å². The first-order valence-electron chi connectivity index (χ1n) is 12.8. The van der Waals surface area contributed by atoms with Gasteiger partial charge >= 0.3 is 0 Å². The van der Waals surface area contributed by atoms with Gasteiger partial charge in [-0.3, -0.25) is 9.36 Å². The van der Waals surface area contributed by atoms with Crippen molar-refractivity contribution in [3.05, 3.63) is 59.7 Å². The molecule has 36 heavy (non-hydrogen) atoms. The number of nitriles is 1. The maximum Gasteiger partial charge on any atom is 0.225 e. The van der Waals surface area contributed by atoms with Crippen molar-refractivity contribution < 1.29 is 4.79 Å². The number of rotatable bonds is 5. The third-order valence-corrected chi connectivity index (χ3v) is 7.15. The Labute approximate surface area is 210 Å². The number of nitrogens with zero attached hydrogens (tertiary/aromatic N) is 5. The fraction of sp³-hybridized carbons (Fsp3) is 0.407. The number of benzene rings is 1. The highest BCUT2D eigenvalue weighted by Gasteiger charge is 2.35.